The Balaban J connectivity index is 1.73. The predicted molar refractivity (Wildman–Crippen MR) is 72.3 cm³/mol. The van der Waals surface area contributed by atoms with Gasteiger partial charge in [-0.15, -0.1) is 0 Å². The number of halogens is 1. The number of anilines is 1. The van der Waals surface area contributed by atoms with Gasteiger partial charge < -0.3 is 14.4 Å². The Morgan fingerprint density at radius 3 is 2.84 bits per heavy atom. The van der Waals surface area contributed by atoms with Crippen molar-refractivity contribution in [1.82, 2.24) is 0 Å². The number of benzene rings is 1. The normalized spacial score (nSPS) is 23.0. The summed E-state index contributed by atoms with van der Waals surface area (Å²) in [5.41, 5.74) is 0.623. The average molecular weight is 265 g/mol. The molecule has 0 bridgehead atoms. The van der Waals surface area contributed by atoms with Gasteiger partial charge in [0, 0.05) is 19.7 Å². The lowest BCUT2D eigenvalue weighted by atomic mass is 10.2. The maximum absolute atomic E-state index is 14.0. The SMILES string of the molecule is Fc1cccc(OCC2CCCO2)c1N1CCCC1. The minimum atomic E-state index is -0.188. The third-order valence-corrected chi connectivity index (χ3v) is 3.82. The number of para-hydroxylation sites is 1. The van der Waals surface area contributed by atoms with Crippen LogP contribution in [0.5, 0.6) is 5.75 Å². The van der Waals surface area contributed by atoms with Crippen LogP contribution >= 0.6 is 0 Å². The van der Waals surface area contributed by atoms with Gasteiger partial charge in [0.05, 0.1) is 6.10 Å². The van der Waals surface area contributed by atoms with Gasteiger partial charge in [-0.3, -0.25) is 0 Å². The van der Waals surface area contributed by atoms with Crippen molar-refractivity contribution in [2.45, 2.75) is 31.8 Å². The van der Waals surface area contributed by atoms with E-state index in [-0.39, 0.29) is 11.9 Å². The van der Waals surface area contributed by atoms with Crippen LogP contribution in [0.4, 0.5) is 10.1 Å². The van der Waals surface area contributed by atoms with Crippen molar-refractivity contribution >= 4 is 5.69 Å². The molecule has 2 aliphatic heterocycles. The van der Waals surface area contributed by atoms with Gasteiger partial charge in [-0.25, -0.2) is 4.39 Å². The topological polar surface area (TPSA) is 21.7 Å². The van der Waals surface area contributed by atoms with E-state index in [0.29, 0.717) is 18.0 Å². The molecule has 0 spiro atoms. The van der Waals surface area contributed by atoms with Crippen molar-refractivity contribution in [2.24, 2.45) is 0 Å². The van der Waals surface area contributed by atoms with Crippen LogP contribution in [0.2, 0.25) is 0 Å². The quantitative estimate of drug-likeness (QED) is 0.835. The smallest absolute Gasteiger partial charge is 0.150 e. The van der Waals surface area contributed by atoms with E-state index in [4.69, 9.17) is 9.47 Å². The number of nitrogens with zero attached hydrogens (tertiary/aromatic N) is 1. The van der Waals surface area contributed by atoms with Crippen LogP contribution in [0.25, 0.3) is 0 Å². The molecule has 0 N–H and O–H groups in total. The van der Waals surface area contributed by atoms with E-state index >= 15 is 0 Å². The summed E-state index contributed by atoms with van der Waals surface area (Å²) in [7, 11) is 0. The Morgan fingerprint density at radius 2 is 2.11 bits per heavy atom. The summed E-state index contributed by atoms with van der Waals surface area (Å²) >= 11 is 0. The third kappa shape index (κ3) is 2.84. The van der Waals surface area contributed by atoms with Crippen LogP contribution in [-0.2, 0) is 4.74 Å². The molecule has 3 nitrogen and oxygen atoms in total. The molecule has 4 heteroatoms. The first-order chi connectivity index (χ1) is 9.34. The third-order valence-electron chi connectivity index (χ3n) is 3.82. The Kier molecular flexibility index (Phi) is 3.87. The molecule has 0 aromatic heterocycles. The maximum Gasteiger partial charge on any atom is 0.150 e. The molecule has 1 atom stereocenters. The highest BCUT2D eigenvalue weighted by Crippen LogP contribution is 2.34. The van der Waals surface area contributed by atoms with Crippen LogP contribution in [0, 0.1) is 5.82 Å². The fourth-order valence-electron chi connectivity index (χ4n) is 2.82. The van der Waals surface area contributed by atoms with Gasteiger partial charge in [0.15, 0.2) is 0 Å². The molecule has 2 heterocycles. The Morgan fingerprint density at radius 1 is 1.26 bits per heavy atom. The van der Waals surface area contributed by atoms with Gasteiger partial charge in [0.1, 0.15) is 23.9 Å². The molecule has 1 unspecified atom stereocenters. The molecule has 0 radical (unpaired) electrons. The molecule has 19 heavy (non-hydrogen) atoms. The van der Waals surface area contributed by atoms with Gasteiger partial charge in [-0.2, -0.15) is 0 Å². The van der Waals surface area contributed by atoms with E-state index in [9.17, 15) is 4.39 Å². The summed E-state index contributed by atoms with van der Waals surface area (Å²) in [5.74, 6) is 0.462. The summed E-state index contributed by atoms with van der Waals surface area (Å²) < 4.78 is 25.4. The van der Waals surface area contributed by atoms with Gasteiger partial charge in [-0.05, 0) is 37.8 Å². The second-order valence-electron chi connectivity index (χ2n) is 5.23. The first-order valence-corrected chi connectivity index (χ1v) is 7.12. The van der Waals surface area contributed by atoms with Crippen molar-refractivity contribution in [3.63, 3.8) is 0 Å². The number of hydrogen-bond acceptors (Lipinski definition) is 3. The molecule has 0 amide bonds. The number of rotatable bonds is 4. The highest BCUT2D eigenvalue weighted by molar-refractivity contribution is 5.60. The highest BCUT2D eigenvalue weighted by Gasteiger charge is 2.22. The monoisotopic (exact) mass is 265 g/mol. The molecular weight excluding hydrogens is 245 g/mol. The Bertz CT molecular complexity index is 426. The Hall–Kier alpha value is -1.29. The molecule has 0 saturated carbocycles. The lowest BCUT2D eigenvalue weighted by Gasteiger charge is -2.22. The van der Waals surface area contributed by atoms with Crippen LogP contribution in [0.15, 0.2) is 18.2 Å². The van der Waals surface area contributed by atoms with Crippen LogP contribution in [0.3, 0.4) is 0 Å². The van der Waals surface area contributed by atoms with E-state index in [2.05, 4.69) is 4.90 Å². The fraction of sp³-hybridized carbons (Fsp3) is 0.600. The fourth-order valence-corrected chi connectivity index (χ4v) is 2.82. The summed E-state index contributed by atoms with van der Waals surface area (Å²) in [6, 6.07) is 5.07. The molecule has 1 aromatic rings. The lowest BCUT2D eigenvalue weighted by molar-refractivity contribution is 0.0680. The van der Waals surface area contributed by atoms with Crippen LogP contribution in [0.1, 0.15) is 25.7 Å². The molecule has 1 aromatic carbocycles. The molecular formula is C15H20FNO2. The number of ether oxygens (including phenoxy) is 2. The average Bonchev–Trinajstić information content (AvgIpc) is 3.09. The summed E-state index contributed by atoms with van der Waals surface area (Å²) in [5, 5.41) is 0. The zero-order valence-electron chi connectivity index (χ0n) is 11.1. The predicted octanol–water partition coefficient (Wildman–Crippen LogP) is 2.98. The summed E-state index contributed by atoms with van der Waals surface area (Å²) in [6.07, 6.45) is 4.54. The summed E-state index contributed by atoms with van der Waals surface area (Å²) in [6.45, 7) is 3.16. The molecule has 2 fully saturated rings. The standard InChI is InChI=1S/C15H20FNO2/c16-13-6-3-7-14(15(13)17-8-1-2-9-17)19-11-12-5-4-10-18-12/h3,6-7,12H,1-2,4-5,8-11H2. The molecule has 2 saturated heterocycles. The van der Waals surface area contributed by atoms with Crippen molar-refractivity contribution in [3.05, 3.63) is 24.0 Å². The van der Waals surface area contributed by atoms with E-state index < -0.39 is 0 Å². The van der Waals surface area contributed by atoms with Crippen molar-refractivity contribution < 1.29 is 13.9 Å². The van der Waals surface area contributed by atoms with E-state index in [1.807, 2.05) is 6.07 Å². The molecule has 0 aliphatic carbocycles. The zero-order chi connectivity index (χ0) is 13.1. The first-order valence-electron chi connectivity index (χ1n) is 7.12. The number of hydrogen-bond donors (Lipinski definition) is 0. The van der Waals surface area contributed by atoms with Gasteiger partial charge in [0.2, 0.25) is 0 Å². The lowest BCUT2D eigenvalue weighted by Crippen LogP contribution is -2.22. The second-order valence-corrected chi connectivity index (χ2v) is 5.23. The van der Waals surface area contributed by atoms with Gasteiger partial charge in [0.25, 0.3) is 0 Å². The highest BCUT2D eigenvalue weighted by atomic mass is 19.1. The summed E-state index contributed by atoms with van der Waals surface area (Å²) in [4.78, 5) is 2.08. The largest absolute Gasteiger partial charge is 0.489 e. The molecule has 3 rings (SSSR count). The van der Waals surface area contributed by atoms with E-state index in [0.717, 1.165) is 45.4 Å². The molecule has 2 aliphatic rings. The Labute approximate surface area is 113 Å². The van der Waals surface area contributed by atoms with Gasteiger partial charge >= 0.3 is 0 Å². The van der Waals surface area contributed by atoms with Crippen molar-refractivity contribution in [2.75, 3.05) is 31.2 Å². The van der Waals surface area contributed by atoms with Crippen molar-refractivity contribution in [1.29, 1.82) is 0 Å². The van der Waals surface area contributed by atoms with Gasteiger partial charge in [-0.1, -0.05) is 6.07 Å². The second kappa shape index (κ2) is 5.78. The maximum atomic E-state index is 14.0. The van der Waals surface area contributed by atoms with Crippen molar-refractivity contribution in [3.8, 4) is 5.75 Å². The first kappa shape index (κ1) is 12.7. The van der Waals surface area contributed by atoms with Crippen LogP contribution < -0.4 is 9.64 Å². The minimum Gasteiger partial charge on any atom is -0.489 e. The van der Waals surface area contributed by atoms with Crippen LogP contribution in [-0.4, -0.2) is 32.4 Å². The van der Waals surface area contributed by atoms with E-state index in [1.165, 1.54) is 6.07 Å². The molecule has 104 valence electrons. The minimum absolute atomic E-state index is 0.162. The van der Waals surface area contributed by atoms with E-state index in [1.54, 1.807) is 6.07 Å². The zero-order valence-corrected chi connectivity index (χ0v) is 11.1.